The van der Waals surface area contributed by atoms with Gasteiger partial charge in [0, 0.05) is 28.2 Å². The average Bonchev–Trinajstić information content (AvgIpc) is 2.89. The highest BCUT2D eigenvalue weighted by Gasteiger charge is 2.40. The standard InChI is InChI=1S/C25H30BrClN2O4/c1-25(2,3)33-24(30)29-9-8-16(12-20(29)14-32-31)22-21-7-6-19(27)11-15(21)4-5-17-10-18(26)13-28-23(17)22/h6-7,10-11,13,16,20,22,31H,4-5,8-9,12,14H2,1-3H3/t16-,20?,22?/m0/s1. The molecule has 1 aliphatic heterocycles. The van der Waals surface area contributed by atoms with E-state index in [1.807, 2.05) is 33.0 Å². The second kappa shape index (κ2) is 9.90. The van der Waals surface area contributed by atoms with E-state index in [0.717, 1.165) is 34.5 Å². The molecule has 3 atom stereocenters. The van der Waals surface area contributed by atoms with Crippen LogP contribution in [-0.4, -0.2) is 46.0 Å². The minimum atomic E-state index is -0.589. The number of nitrogens with zero attached hydrogens (tertiary/aromatic N) is 2. The first-order chi connectivity index (χ1) is 15.7. The Kier molecular flexibility index (Phi) is 7.34. The van der Waals surface area contributed by atoms with E-state index in [-0.39, 0.29) is 30.6 Å². The van der Waals surface area contributed by atoms with Crippen LogP contribution in [0.15, 0.2) is 34.9 Å². The highest BCUT2D eigenvalue weighted by Crippen LogP contribution is 2.44. The summed E-state index contributed by atoms with van der Waals surface area (Å²) >= 11 is 9.92. The van der Waals surface area contributed by atoms with Crippen molar-refractivity contribution in [2.24, 2.45) is 5.92 Å². The van der Waals surface area contributed by atoms with E-state index in [1.54, 1.807) is 4.90 Å². The number of rotatable bonds is 3. The molecule has 2 aromatic rings. The van der Waals surface area contributed by atoms with E-state index < -0.39 is 5.60 Å². The molecule has 8 heteroatoms. The average molecular weight is 538 g/mol. The zero-order chi connectivity index (χ0) is 23.8. The number of hydrogen-bond donors (Lipinski definition) is 1. The zero-order valence-corrected chi connectivity index (χ0v) is 21.5. The number of benzene rings is 1. The van der Waals surface area contributed by atoms with Crippen molar-refractivity contribution in [1.29, 1.82) is 0 Å². The largest absolute Gasteiger partial charge is 0.444 e. The third-order valence-electron chi connectivity index (χ3n) is 6.49. The molecule has 2 aliphatic rings. The lowest BCUT2D eigenvalue weighted by Crippen LogP contribution is -2.50. The van der Waals surface area contributed by atoms with Crippen LogP contribution in [0.25, 0.3) is 0 Å². The van der Waals surface area contributed by atoms with Crippen LogP contribution in [0, 0.1) is 5.92 Å². The molecule has 0 saturated carbocycles. The lowest BCUT2D eigenvalue weighted by Gasteiger charge is -2.42. The molecule has 178 valence electrons. The van der Waals surface area contributed by atoms with Crippen LogP contribution >= 0.6 is 27.5 Å². The number of halogens is 2. The number of aromatic nitrogens is 1. The maximum absolute atomic E-state index is 12.8. The lowest BCUT2D eigenvalue weighted by atomic mass is 9.74. The second-order valence-corrected chi connectivity index (χ2v) is 11.3. The number of hydrogen-bond acceptors (Lipinski definition) is 5. The number of carbonyl (C=O) groups excluding carboxylic acids is 1. The van der Waals surface area contributed by atoms with Gasteiger partial charge in [-0.2, -0.15) is 0 Å². The van der Waals surface area contributed by atoms with E-state index in [4.69, 9.17) is 21.3 Å². The van der Waals surface area contributed by atoms with Gasteiger partial charge in [-0.1, -0.05) is 17.7 Å². The minimum Gasteiger partial charge on any atom is -0.444 e. The van der Waals surface area contributed by atoms with Crippen LogP contribution in [-0.2, 0) is 22.5 Å². The van der Waals surface area contributed by atoms with Crippen LogP contribution in [0.1, 0.15) is 61.9 Å². The number of piperidine rings is 1. The normalized spacial score (nSPS) is 22.8. The molecule has 2 heterocycles. The minimum absolute atomic E-state index is 0.0383. The van der Waals surface area contributed by atoms with E-state index in [1.165, 1.54) is 16.7 Å². The van der Waals surface area contributed by atoms with Crippen molar-refractivity contribution < 1.29 is 19.7 Å². The Labute approximate surface area is 208 Å². The predicted octanol–water partition coefficient (Wildman–Crippen LogP) is 6.23. The van der Waals surface area contributed by atoms with Gasteiger partial charge in [0.15, 0.2) is 0 Å². The first kappa shape index (κ1) is 24.5. The van der Waals surface area contributed by atoms with Crippen LogP contribution in [0.2, 0.25) is 5.02 Å². The number of likely N-dealkylation sites (tertiary alicyclic amines) is 1. The highest BCUT2D eigenvalue weighted by molar-refractivity contribution is 9.10. The molecule has 4 rings (SSSR count). The summed E-state index contributed by atoms with van der Waals surface area (Å²) in [6.07, 6.45) is 4.74. The van der Waals surface area contributed by atoms with Crippen LogP contribution in [0.3, 0.4) is 0 Å². The third-order valence-corrected chi connectivity index (χ3v) is 7.16. The molecule has 1 fully saturated rings. The van der Waals surface area contributed by atoms with Gasteiger partial charge in [-0.25, -0.2) is 9.68 Å². The monoisotopic (exact) mass is 536 g/mol. The number of ether oxygens (including phenoxy) is 1. The van der Waals surface area contributed by atoms with Gasteiger partial charge in [-0.3, -0.25) is 10.2 Å². The maximum atomic E-state index is 12.8. The smallest absolute Gasteiger partial charge is 0.410 e. The molecule has 0 bridgehead atoms. The summed E-state index contributed by atoms with van der Waals surface area (Å²) < 4.78 is 6.58. The number of carbonyl (C=O) groups is 1. The molecule has 1 N–H and O–H groups in total. The Morgan fingerprint density at radius 1 is 1.27 bits per heavy atom. The van der Waals surface area contributed by atoms with Crippen LogP contribution in [0.5, 0.6) is 0 Å². The summed E-state index contributed by atoms with van der Waals surface area (Å²) in [4.78, 5) is 23.9. The lowest BCUT2D eigenvalue weighted by molar-refractivity contribution is -0.253. The second-order valence-electron chi connectivity index (χ2n) is 9.93. The Morgan fingerprint density at radius 3 is 2.76 bits per heavy atom. The topological polar surface area (TPSA) is 71.9 Å². The van der Waals surface area contributed by atoms with Gasteiger partial charge < -0.3 is 9.64 Å². The summed E-state index contributed by atoms with van der Waals surface area (Å²) in [7, 11) is 0. The quantitative estimate of drug-likeness (QED) is 0.371. The molecular weight excluding hydrogens is 508 g/mol. The van der Waals surface area contributed by atoms with E-state index >= 15 is 0 Å². The van der Waals surface area contributed by atoms with Gasteiger partial charge in [0.05, 0.1) is 11.7 Å². The molecule has 1 aromatic heterocycles. The molecule has 6 nitrogen and oxygen atoms in total. The molecule has 1 aromatic carbocycles. The van der Waals surface area contributed by atoms with Gasteiger partial charge in [-0.15, -0.1) is 0 Å². The van der Waals surface area contributed by atoms with Crippen molar-refractivity contribution in [3.8, 4) is 0 Å². The van der Waals surface area contributed by atoms with Crippen molar-refractivity contribution in [2.45, 2.75) is 64.0 Å². The van der Waals surface area contributed by atoms with Crippen LogP contribution < -0.4 is 0 Å². The van der Waals surface area contributed by atoms with Crippen molar-refractivity contribution in [3.05, 3.63) is 62.3 Å². The van der Waals surface area contributed by atoms with E-state index in [0.29, 0.717) is 13.0 Å². The van der Waals surface area contributed by atoms with Gasteiger partial charge in [0.2, 0.25) is 0 Å². The molecule has 1 saturated heterocycles. The third kappa shape index (κ3) is 5.53. The Hall–Kier alpha value is -1.67. The summed E-state index contributed by atoms with van der Waals surface area (Å²) in [5.41, 5.74) is 4.21. The molecule has 2 unspecified atom stereocenters. The van der Waals surface area contributed by atoms with Gasteiger partial charge in [0.1, 0.15) is 12.2 Å². The van der Waals surface area contributed by atoms with Crippen molar-refractivity contribution in [3.63, 3.8) is 0 Å². The first-order valence-electron chi connectivity index (χ1n) is 11.3. The van der Waals surface area contributed by atoms with Crippen molar-refractivity contribution >= 4 is 33.6 Å². The molecule has 1 amide bonds. The molecule has 1 aliphatic carbocycles. The van der Waals surface area contributed by atoms with E-state index in [9.17, 15) is 10.1 Å². The number of pyridine rings is 1. The summed E-state index contributed by atoms with van der Waals surface area (Å²) in [6.45, 7) is 6.12. The van der Waals surface area contributed by atoms with Gasteiger partial charge in [0.25, 0.3) is 0 Å². The molecule has 0 spiro atoms. The number of fused-ring (bicyclic) bond motifs is 2. The fraction of sp³-hybridized carbons (Fsp3) is 0.520. The van der Waals surface area contributed by atoms with Crippen molar-refractivity contribution in [1.82, 2.24) is 9.88 Å². The molecule has 0 radical (unpaired) electrons. The summed E-state index contributed by atoms with van der Waals surface area (Å²) in [6, 6.07) is 8.00. The fourth-order valence-corrected chi connectivity index (χ4v) is 5.72. The highest BCUT2D eigenvalue weighted by atomic mass is 79.9. The number of amides is 1. The Balaban J connectivity index is 1.69. The van der Waals surface area contributed by atoms with Crippen molar-refractivity contribution in [2.75, 3.05) is 13.2 Å². The Morgan fingerprint density at radius 2 is 2.03 bits per heavy atom. The Bertz CT molecular complexity index is 972. The van der Waals surface area contributed by atoms with E-state index in [2.05, 4.69) is 39.0 Å². The van der Waals surface area contributed by atoms with Crippen LogP contribution in [0.4, 0.5) is 4.79 Å². The SMILES string of the molecule is CC(C)(C)OC(=O)N1CC[C@H](C2c3ccc(Cl)cc3CCc3cc(Br)cnc32)CC1COO. The zero-order valence-electron chi connectivity index (χ0n) is 19.2. The fourth-order valence-electron chi connectivity index (χ4n) is 5.15. The first-order valence-corrected chi connectivity index (χ1v) is 12.5. The van der Waals surface area contributed by atoms with Gasteiger partial charge in [-0.05, 0) is 103 Å². The summed E-state index contributed by atoms with van der Waals surface area (Å²) in [5.74, 6) is 0.291. The molecular formula is C25H30BrClN2O4. The number of aryl methyl sites for hydroxylation is 2. The molecule has 33 heavy (non-hydrogen) atoms. The maximum Gasteiger partial charge on any atom is 0.410 e. The summed E-state index contributed by atoms with van der Waals surface area (Å²) in [5, 5.41) is 9.99. The predicted molar refractivity (Wildman–Crippen MR) is 131 cm³/mol. The van der Waals surface area contributed by atoms with Gasteiger partial charge >= 0.3 is 6.09 Å².